The van der Waals surface area contributed by atoms with E-state index in [-0.39, 0.29) is 12.3 Å². The first-order chi connectivity index (χ1) is 13.3. The maximum atomic E-state index is 12.0. The Hall–Kier alpha value is -1.49. The monoisotopic (exact) mass is 432 g/mol. The van der Waals surface area contributed by atoms with Gasteiger partial charge in [0.2, 0.25) is 11.8 Å². The van der Waals surface area contributed by atoms with Gasteiger partial charge in [-0.05, 0) is 19.3 Å². The zero-order chi connectivity index (χ0) is 21.4. The Kier molecular flexibility index (Phi) is 15.6. The Labute approximate surface area is 175 Å². The third-order valence-corrected chi connectivity index (χ3v) is 5.71. The predicted molar refractivity (Wildman–Crippen MR) is 117 cm³/mol. The molecule has 0 heterocycles. The first-order valence-corrected chi connectivity index (χ1v) is 11.3. The van der Waals surface area contributed by atoms with Crippen molar-refractivity contribution < 1.29 is 19.5 Å². The molecule has 160 valence electrons. The molecule has 2 unspecified atom stereocenters. The van der Waals surface area contributed by atoms with Crippen LogP contribution in [0.2, 0.25) is 0 Å². The zero-order valence-electron chi connectivity index (χ0n) is 16.1. The highest BCUT2D eigenvalue weighted by Crippen LogP contribution is 2.05. The summed E-state index contributed by atoms with van der Waals surface area (Å²) in [7, 11) is 0. The first kappa shape index (κ1) is 26.5. The van der Waals surface area contributed by atoms with Gasteiger partial charge in [0.15, 0.2) is 0 Å². The van der Waals surface area contributed by atoms with Gasteiger partial charge in [0.25, 0.3) is 0 Å². The second-order valence-corrected chi connectivity index (χ2v) is 8.20. The second-order valence-electron chi connectivity index (χ2n) is 6.05. The maximum Gasteiger partial charge on any atom is 0.326 e. The summed E-state index contributed by atoms with van der Waals surface area (Å²) in [5, 5.41) is 14.5. The molecule has 0 fully saturated rings. The Morgan fingerprint density at radius 3 is 2.00 bits per heavy atom. The molecule has 0 saturated carbocycles. The van der Waals surface area contributed by atoms with Gasteiger partial charge in [-0.1, -0.05) is 12.2 Å². The molecule has 0 aromatic carbocycles. The molecule has 0 spiro atoms. The number of aliphatic carboxylic acids is 1. The van der Waals surface area contributed by atoms with Crippen molar-refractivity contribution >= 4 is 41.3 Å². The van der Waals surface area contributed by atoms with E-state index >= 15 is 0 Å². The Bertz CT molecular complexity index is 520. The van der Waals surface area contributed by atoms with Crippen LogP contribution >= 0.6 is 23.5 Å². The van der Waals surface area contributed by atoms with E-state index < -0.39 is 30.0 Å². The SMILES string of the molecule is C=CCSCC(N)C(=O)NCCCC[C@H](NC(=O)C(N)CSCC=C)C(=O)O. The molecule has 0 saturated heterocycles. The molecule has 0 aliphatic heterocycles. The molecule has 0 aromatic heterocycles. The van der Waals surface area contributed by atoms with Crippen LogP contribution in [-0.4, -0.2) is 70.6 Å². The number of amides is 2. The van der Waals surface area contributed by atoms with Crippen molar-refractivity contribution in [1.82, 2.24) is 10.6 Å². The summed E-state index contributed by atoms with van der Waals surface area (Å²) in [5.41, 5.74) is 11.5. The smallest absolute Gasteiger partial charge is 0.326 e. The normalized spacial score (nSPS) is 13.8. The minimum Gasteiger partial charge on any atom is -0.480 e. The van der Waals surface area contributed by atoms with Gasteiger partial charge in [-0.15, -0.1) is 13.2 Å². The van der Waals surface area contributed by atoms with Gasteiger partial charge >= 0.3 is 5.97 Å². The number of nitrogens with two attached hydrogens (primary N) is 2. The average Bonchev–Trinajstić information content (AvgIpc) is 2.66. The lowest BCUT2D eigenvalue weighted by Gasteiger charge is -2.18. The molecule has 0 aromatic rings. The lowest BCUT2D eigenvalue weighted by Crippen LogP contribution is -2.49. The molecule has 0 aliphatic carbocycles. The number of carbonyl (C=O) groups excluding carboxylic acids is 2. The number of nitrogens with one attached hydrogen (secondary N) is 2. The van der Waals surface area contributed by atoms with Crippen LogP contribution in [0.15, 0.2) is 25.3 Å². The quantitative estimate of drug-likeness (QED) is 0.163. The predicted octanol–water partition coefficient (Wildman–Crippen LogP) is 0.335. The summed E-state index contributed by atoms with van der Waals surface area (Å²) in [5.74, 6) is 0.483. The van der Waals surface area contributed by atoms with E-state index in [0.717, 1.165) is 5.75 Å². The maximum absolute atomic E-state index is 12.0. The van der Waals surface area contributed by atoms with Crippen LogP contribution in [0.1, 0.15) is 19.3 Å². The molecule has 0 aliphatic rings. The van der Waals surface area contributed by atoms with Crippen molar-refractivity contribution in [2.24, 2.45) is 11.5 Å². The number of carboxylic acids is 1. The van der Waals surface area contributed by atoms with Crippen molar-refractivity contribution in [2.45, 2.75) is 37.4 Å². The number of unbranched alkanes of at least 4 members (excludes halogenated alkanes) is 1. The highest BCUT2D eigenvalue weighted by atomic mass is 32.2. The van der Waals surface area contributed by atoms with Crippen LogP contribution in [0, 0.1) is 0 Å². The van der Waals surface area contributed by atoms with Crippen molar-refractivity contribution in [1.29, 1.82) is 0 Å². The molecule has 10 heteroatoms. The third kappa shape index (κ3) is 12.8. The number of carboxylic acid groups (broad SMARTS) is 1. The van der Waals surface area contributed by atoms with E-state index in [1.807, 2.05) is 0 Å². The lowest BCUT2D eigenvalue weighted by molar-refractivity contribution is -0.142. The van der Waals surface area contributed by atoms with Crippen LogP contribution in [0.3, 0.4) is 0 Å². The van der Waals surface area contributed by atoms with Crippen molar-refractivity contribution in [3.05, 3.63) is 25.3 Å². The molecule has 28 heavy (non-hydrogen) atoms. The summed E-state index contributed by atoms with van der Waals surface area (Å²) in [4.78, 5) is 35.2. The van der Waals surface area contributed by atoms with Gasteiger partial charge in [-0.3, -0.25) is 9.59 Å². The van der Waals surface area contributed by atoms with Crippen molar-refractivity contribution in [3.8, 4) is 0 Å². The Balaban J connectivity index is 4.11. The number of hydrogen-bond donors (Lipinski definition) is 5. The summed E-state index contributed by atoms with van der Waals surface area (Å²) >= 11 is 2.98. The van der Waals surface area contributed by atoms with Gasteiger partial charge in [0, 0.05) is 29.6 Å². The molecule has 2 amide bonds. The summed E-state index contributed by atoms with van der Waals surface area (Å²) in [6.07, 6.45) is 4.82. The van der Waals surface area contributed by atoms with E-state index in [4.69, 9.17) is 11.5 Å². The van der Waals surface area contributed by atoms with Crippen molar-refractivity contribution in [2.75, 3.05) is 29.6 Å². The van der Waals surface area contributed by atoms with Crippen molar-refractivity contribution in [3.63, 3.8) is 0 Å². The number of carbonyl (C=O) groups is 3. The minimum atomic E-state index is -1.11. The largest absolute Gasteiger partial charge is 0.480 e. The number of thioether (sulfide) groups is 2. The van der Waals surface area contributed by atoms with E-state index in [0.29, 0.717) is 36.6 Å². The van der Waals surface area contributed by atoms with E-state index in [1.54, 1.807) is 12.2 Å². The Morgan fingerprint density at radius 1 is 0.964 bits per heavy atom. The van der Waals surface area contributed by atoms with E-state index in [9.17, 15) is 19.5 Å². The second kappa shape index (κ2) is 16.5. The molecular weight excluding hydrogens is 400 g/mol. The molecular formula is C18H32N4O4S2. The molecule has 0 rings (SSSR count). The summed E-state index contributed by atoms with van der Waals surface area (Å²) < 4.78 is 0. The van der Waals surface area contributed by atoms with Crippen LogP contribution in [0.25, 0.3) is 0 Å². The topological polar surface area (TPSA) is 148 Å². The van der Waals surface area contributed by atoms with Crippen LogP contribution < -0.4 is 22.1 Å². The average molecular weight is 433 g/mol. The minimum absolute atomic E-state index is 0.234. The number of rotatable bonds is 17. The summed E-state index contributed by atoms with van der Waals surface area (Å²) in [6, 6.07) is -2.36. The Morgan fingerprint density at radius 2 is 1.50 bits per heavy atom. The van der Waals surface area contributed by atoms with Crippen LogP contribution in [-0.2, 0) is 14.4 Å². The highest BCUT2D eigenvalue weighted by molar-refractivity contribution is 7.99. The number of hydrogen-bond acceptors (Lipinski definition) is 7. The van der Waals surface area contributed by atoms with E-state index in [2.05, 4.69) is 23.8 Å². The molecule has 7 N–H and O–H groups in total. The van der Waals surface area contributed by atoms with E-state index in [1.165, 1.54) is 23.5 Å². The lowest BCUT2D eigenvalue weighted by atomic mass is 10.1. The molecule has 0 radical (unpaired) electrons. The van der Waals surface area contributed by atoms with Gasteiger partial charge in [0.1, 0.15) is 6.04 Å². The van der Waals surface area contributed by atoms with Crippen LogP contribution in [0.4, 0.5) is 0 Å². The fourth-order valence-electron chi connectivity index (χ4n) is 2.06. The van der Waals surface area contributed by atoms with Gasteiger partial charge < -0.3 is 27.2 Å². The van der Waals surface area contributed by atoms with Gasteiger partial charge in [0.05, 0.1) is 12.1 Å². The molecule has 3 atom stereocenters. The van der Waals surface area contributed by atoms with Crippen LogP contribution in [0.5, 0.6) is 0 Å². The fraction of sp³-hybridized carbons (Fsp3) is 0.611. The zero-order valence-corrected chi connectivity index (χ0v) is 17.7. The summed E-state index contributed by atoms with van der Waals surface area (Å²) in [6.45, 7) is 7.58. The molecule has 0 bridgehead atoms. The standard InChI is InChI=1S/C18H32N4O4S2/c1-3-9-27-11-13(19)16(23)21-8-6-5-7-15(18(25)26)22-17(24)14(20)12-28-10-4-2/h3-4,13-15H,1-2,5-12,19-20H2,(H,21,23)(H,22,24)(H,25,26)/t13?,14?,15-/m0/s1. The first-order valence-electron chi connectivity index (χ1n) is 9.02. The fourth-order valence-corrected chi connectivity index (χ4v) is 3.48. The van der Waals surface area contributed by atoms with Gasteiger partial charge in [-0.25, -0.2) is 4.79 Å². The van der Waals surface area contributed by atoms with Gasteiger partial charge in [-0.2, -0.15) is 23.5 Å². The third-order valence-electron chi connectivity index (χ3n) is 3.57. The molecule has 8 nitrogen and oxygen atoms in total. The highest BCUT2D eigenvalue weighted by Gasteiger charge is 2.22.